The average molecular weight is 387 g/mol. The van der Waals surface area contributed by atoms with Crippen LogP contribution in [0.4, 0.5) is 0 Å². The first kappa shape index (κ1) is 25.4. The van der Waals surface area contributed by atoms with Crippen LogP contribution in [0.25, 0.3) is 0 Å². The molecule has 1 atom stereocenters. The van der Waals surface area contributed by atoms with Crippen LogP contribution in [0.3, 0.4) is 0 Å². The molecule has 2 amide bonds. The monoisotopic (exact) mass is 386 g/mol. The molecular formula is C20H38N2O5. The number of carboxylic acids is 1. The van der Waals surface area contributed by atoms with Crippen molar-refractivity contribution in [2.24, 2.45) is 11.8 Å². The van der Waals surface area contributed by atoms with Gasteiger partial charge in [0.2, 0.25) is 5.91 Å². The van der Waals surface area contributed by atoms with Crippen molar-refractivity contribution in [2.45, 2.75) is 85.0 Å². The minimum Gasteiger partial charge on any atom is -0.481 e. The fourth-order valence-corrected chi connectivity index (χ4v) is 3.12. The van der Waals surface area contributed by atoms with Crippen molar-refractivity contribution in [3.8, 4) is 0 Å². The molecule has 0 heterocycles. The van der Waals surface area contributed by atoms with Gasteiger partial charge >= 0.3 is 5.97 Å². The molecule has 0 rings (SSSR count). The summed E-state index contributed by atoms with van der Waals surface area (Å²) in [7, 11) is 0. The maximum atomic E-state index is 12.5. The summed E-state index contributed by atoms with van der Waals surface area (Å²) in [6, 6.07) is 0. The van der Waals surface area contributed by atoms with Gasteiger partial charge in [0.1, 0.15) is 6.54 Å². The number of amides is 2. The molecular weight excluding hydrogens is 348 g/mol. The molecule has 0 saturated heterocycles. The Balaban J connectivity index is 4.49. The van der Waals surface area contributed by atoms with E-state index in [4.69, 9.17) is 5.21 Å². The van der Waals surface area contributed by atoms with Gasteiger partial charge in [-0.1, -0.05) is 65.7 Å². The van der Waals surface area contributed by atoms with Crippen molar-refractivity contribution >= 4 is 17.8 Å². The van der Waals surface area contributed by atoms with Gasteiger partial charge in [0.05, 0.1) is 5.92 Å². The Kier molecular flexibility index (Phi) is 14.5. The van der Waals surface area contributed by atoms with E-state index in [9.17, 15) is 19.5 Å². The zero-order valence-corrected chi connectivity index (χ0v) is 17.2. The Morgan fingerprint density at radius 1 is 0.963 bits per heavy atom. The standard InChI is InChI=1S/C20H38N2O5/c1-4-5-6-7-8-9-10-11-12-22(15-18(23)21-27)19(24)14-17(20(25)26)13-16(2)3/h16-17,27H,4-15H2,1-3H3,(H,21,23)(H,25,26)/t17-/m1/s1. The number of hydrogen-bond donors (Lipinski definition) is 3. The Hall–Kier alpha value is -1.63. The van der Waals surface area contributed by atoms with Gasteiger partial charge < -0.3 is 10.0 Å². The summed E-state index contributed by atoms with van der Waals surface area (Å²) in [5.41, 5.74) is 1.54. The van der Waals surface area contributed by atoms with E-state index in [1.807, 2.05) is 13.8 Å². The lowest BCUT2D eigenvalue weighted by Gasteiger charge is -2.24. The van der Waals surface area contributed by atoms with Gasteiger partial charge in [-0.05, 0) is 18.8 Å². The van der Waals surface area contributed by atoms with E-state index in [1.54, 1.807) is 0 Å². The lowest BCUT2D eigenvalue weighted by molar-refractivity contribution is -0.147. The summed E-state index contributed by atoms with van der Waals surface area (Å²) < 4.78 is 0. The highest BCUT2D eigenvalue weighted by Crippen LogP contribution is 2.18. The zero-order chi connectivity index (χ0) is 20.7. The topological polar surface area (TPSA) is 107 Å². The fraction of sp³-hybridized carbons (Fsp3) is 0.850. The van der Waals surface area contributed by atoms with E-state index in [0.29, 0.717) is 13.0 Å². The smallest absolute Gasteiger partial charge is 0.307 e. The number of aliphatic carboxylic acids is 1. The molecule has 0 fully saturated rings. The maximum Gasteiger partial charge on any atom is 0.307 e. The number of nitrogens with one attached hydrogen (secondary N) is 1. The SMILES string of the molecule is CCCCCCCCCCN(CC(=O)NO)C(=O)C[C@@H](CC(C)C)C(=O)O. The van der Waals surface area contributed by atoms with Gasteiger partial charge in [0.15, 0.2) is 0 Å². The fourth-order valence-electron chi connectivity index (χ4n) is 3.12. The first-order valence-electron chi connectivity index (χ1n) is 10.2. The lowest BCUT2D eigenvalue weighted by atomic mass is 9.93. The second-order valence-electron chi connectivity index (χ2n) is 7.69. The quantitative estimate of drug-likeness (QED) is 0.213. The summed E-state index contributed by atoms with van der Waals surface area (Å²) in [4.78, 5) is 36.8. The molecule has 0 unspecified atom stereocenters. The molecule has 158 valence electrons. The molecule has 0 aliphatic rings. The van der Waals surface area contributed by atoms with E-state index in [0.717, 1.165) is 19.3 Å². The van der Waals surface area contributed by atoms with Crippen molar-refractivity contribution in [3.05, 3.63) is 0 Å². The number of carbonyl (C=O) groups excluding carboxylic acids is 2. The minimum atomic E-state index is -0.990. The van der Waals surface area contributed by atoms with Crippen LogP contribution in [0.1, 0.15) is 85.0 Å². The van der Waals surface area contributed by atoms with Crippen LogP contribution >= 0.6 is 0 Å². The van der Waals surface area contributed by atoms with Gasteiger partial charge in [-0.15, -0.1) is 0 Å². The Labute approximate surface area is 163 Å². The van der Waals surface area contributed by atoms with Gasteiger partial charge in [0, 0.05) is 13.0 Å². The van der Waals surface area contributed by atoms with Crippen LogP contribution < -0.4 is 5.48 Å². The molecule has 3 N–H and O–H groups in total. The summed E-state index contributed by atoms with van der Waals surface area (Å²) in [5, 5.41) is 18.1. The van der Waals surface area contributed by atoms with E-state index in [-0.39, 0.29) is 24.8 Å². The molecule has 0 aromatic rings. The van der Waals surface area contributed by atoms with Gasteiger partial charge in [0.25, 0.3) is 5.91 Å². The predicted molar refractivity (Wildman–Crippen MR) is 104 cm³/mol. The molecule has 0 bridgehead atoms. The van der Waals surface area contributed by atoms with Gasteiger partial charge in [-0.2, -0.15) is 0 Å². The molecule has 27 heavy (non-hydrogen) atoms. The van der Waals surface area contributed by atoms with Crippen LogP contribution in [0.15, 0.2) is 0 Å². The highest BCUT2D eigenvalue weighted by atomic mass is 16.5. The van der Waals surface area contributed by atoms with Gasteiger partial charge in [-0.25, -0.2) is 5.48 Å². The van der Waals surface area contributed by atoms with Crippen molar-refractivity contribution in [3.63, 3.8) is 0 Å². The molecule has 7 nitrogen and oxygen atoms in total. The largest absolute Gasteiger partial charge is 0.481 e. The number of carboxylic acid groups (broad SMARTS) is 1. The molecule has 0 aliphatic carbocycles. The van der Waals surface area contributed by atoms with Crippen LogP contribution in [0.5, 0.6) is 0 Å². The third kappa shape index (κ3) is 13.2. The zero-order valence-electron chi connectivity index (χ0n) is 17.2. The van der Waals surface area contributed by atoms with Crippen molar-refractivity contribution in [1.82, 2.24) is 10.4 Å². The molecule has 0 saturated carbocycles. The summed E-state index contributed by atoms with van der Waals surface area (Å²) in [5.74, 6) is -2.60. The molecule has 0 aromatic heterocycles. The number of nitrogens with zero attached hydrogens (tertiary/aromatic N) is 1. The average Bonchev–Trinajstić information content (AvgIpc) is 2.61. The summed E-state index contributed by atoms with van der Waals surface area (Å²) in [6.45, 7) is 6.16. The Morgan fingerprint density at radius 3 is 2.00 bits per heavy atom. The molecule has 0 aromatic carbocycles. The summed E-state index contributed by atoms with van der Waals surface area (Å²) in [6.07, 6.45) is 9.23. The van der Waals surface area contributed by atoms with E-state index in [1.165, 1.54) is 42.5 Å². The molecule has 0 spiro atoms. The van der Waals surface area contributed by atoms with Crippen LogP contribution in [0.2, 0.25) is 0 Å². The third-order valence-corrected chi connectivity index (χ3v) is 4.62. The Morgan fingerprint density at radius 2 is 1.52 bits per heavy atom. The third-order valence-electron chi connectivity index (χ3n) is 4.62. The highest BCUT2D eigenvalue weighted by molar-refractivity contribution is 5.86. The predicted octanol–water partition coefficient (Wildman–Crippen LogP) is 3.60. The first-order chi connectivity index (χ1) is 12.8. The van der Waals surface area contributed by atoms with E-state index in [2.05, 4.69) is 6.92 Å². The number of unbranched alkanes of at least 4 members (excludes halogenated alkanes) is 7. The molecule has 7 heteroatoms. The first-order valence-corrected chi connectivity index (χ1v) is 10.2. The molecule has 0 radical (unpaired) electrons. The summed E-state index contributed by atoms with van der Waals surface area (Å²) >= 11 is 0. The van der Waals surface area contributed by atoms with Crippen LogP contribution in [-0.4, -0.2) is 46.1 Å². The van der Waals surface area contributed by atoms with Gasteiger partial charge in [-0.3, -0.25) is 19.6 Å². The van der Waals surface area contributed by atoms with E-state index < -0.39 is 17.8 Å². The lowest BCUT2D eigenvalue weighted by Crippen LogP contribution is -2.41. The van der Waals surface area contributed by atoms with Crippen molar-refractivity contribution in [1.29, 1.82) is 0 Å². The number of rotatable bonds is 16. The van der Waals surface area contributed by atoms with Crippen molar-refractivity contribution < 1.29 is 24.7 Å². The second kappa shape index (κ2) is 15.4. The highest BCUT2D eigenvalue weighted by Gasteiger charge is 2.26. The number of hydrogen-bond acceptors (Lipinski definition) is 4. The minimum absolute atomic E-state index is 0.122. The van der Waals surface area contributed by atoms with Crippen molar-refractivity contribution in [2.75, 3.05) is 13.1 Å². The van der Waals surface area contributed by atoms with E-state index >= 15 is 0 Å². The van der Waals surface area contributed by atoms with Crippen LogP contribution in [0, 0.1) is 11.8 Å². The molecule has 0 aliphatic heterocycles. The Bertz CT molecular complexity index is 440. The second-order valence-corrected chi connectivity index (χ2v) is 7.69. The number of carbonyl (C=O) groups is 3. The number of hydroxylamine groups is 1. The van der Waals surface area contributed by atoms with Crippen LogP contribution in [-0.2, 0) is 14.4 Å². The normalized spacial score (nSPS) is 12.0. The maximum absolute atomic E-state index is 12.5.